The van der Waals surface area contributed by atoms with Crippen molar-refractivity contribution in [2.75, 3.05) is 24.6 Å². The molecule has 114 valence electrons. The molecule has 0 spiro atoms. The van der Waals surface area contributed by atoms with Gasteiger partial charge >= 0.3 is 5.51 Å². The Morgan fingerprint density at radius 1 is 1.25 bits per heavy atom. The summed E-state index contributed by atoms with van der Waals surface area (Å²) in [6.45, 7) is 2.20. The first kappa shape index (κ1) is 16.8. The van der Waals surface area contributed by atoms with E-state index >= 15 is 0 Å². The molecular weight excluding hydrogens is 295 g/mol. The molecule has 0 aliphatic heterocycles. The Balaban J connectivity index is 3.30. The minimum absolute atomic E-state index is 0.000718. The van der Waals surface area contributed by atoms with E-state index in [2.05, 4.69) is 0 Å². The van der Waals surface area contributed by atoms with Crippen molar-refractivity contribution in [2.45, 2.75) is 23.7 Å². The molecule has 0 amide bonds. The van der Waals surface area contributed by atoms with E-state index < -0.39 is 20.2 Å². The molecule has 20 heavy (non-hydrogen) atoms. The van der Waals surface area contributed by atoms with E-state index in [-0.39, 0.29) is 18.8 Å². The first-order valence-corrected chi connectivity index (χ1v) is 7.50. The lowest BCUT2D eigenvalue weighted by molar-refractivity contribution is -0.0435. The molecule has 0 heterocycles. The summed E-state index contributed by atoms with van der Waals surface area (Å²) in [6, 6.07) is 5.01. The number of rotatable bonds is 6. The fraction of sp³-hybridized carbons (Fsp3) is 0.500. The highest BCUT2D eigenvalue weighted by Crippen LogP contribution is 2.35. The van der Waals surface area contributed by atoms with Gasteiger partial charge in [-0.1, -0.05) is 12.1 Å². The minimum atomic E-state index is -5.39. The van der Waals surface area contributed by atoms with Gasteiger partial charge in [0.1, 0.15) is 0 Å². The fourth-order valence-electron chi connectivity index (χ4n) is 1.78. The maximum Gasteiger partial charge on any atom is 0.501 e. The van der Waals surface area contributed by atoms with Gasteiger partial charge in [-0.3, -0.25) is 0 Å². The van der Waals surface area contributed by atoms with Gasteiger partial charge in [0.05, 0.1) is 10.6 Å². The van der Waals surface area contributed by atoms with E-state index in [0.717, 1.165) is 6.07 Å². The number of sulfone groups is 1. The molecule has 0 unspecified atom stereocenters. The number of para-hydroxylation sites is 1. The van der Waals surface area contributed by atoms with Gasteiger partial charge < -0.3 is 10.0 Å². The summed E-state index contributed by atoms with van der Waals surface area (Å²) in [5.41, 5.74) is -5.33. The average molecular weight is 311 g/mol. The fourth-order valence-corrected chi connectivity index (χ4v) is 2.76. The Morgan fingerprint density at radius 2 is 1.85 bits per heavy atom. The average Bonchev–Trinajstić information content (AvgIpc) is 2.38. The van der Waals surface area contributed by atoms with Crippen LogP contribution in [0.3, 0.4) is 0 Å². The number of nitrogens with zero attached hydrogens (tertiary/aromatic N) is 1. The molecule has 0 bridgehead atoms. The van der Waals surface area contributed by atoms with Crippen LogP contribution in [0.2, 0.25) is 0 Å². The van der Waals surface area contributed by atoms with Gasteiger partial charge in [-0.2, -0.15) is 13.2 Å². The van der Waals surface area contributed by atoms with Crippen LogP contribution in [-0.2, 0) is 9.84 Å². The van der Waals surface area contributed by atoms with Gasteiger partial charge in [0.15, 0.2) is 0 Å². The van der Waals surface area contributed by atoms with Crippen molar-refractivity contribution in [1.82, 2.24) is 0 Å². The zero-order valence-electron chi connectivity index (χ0n) is 10.9. The second kappa shape index (κ2) is 6.45. The number of aliphatic hydroxyl groups excluding tert-OH is 1. The first-order valence-electron chi connectivity index (χ1n) is 6.02. The summed E-state index contributed by atoms with van der Waals surface area (Å²) >= 11 is 0. The first-order chi connectivity index (χ1) is 9.25. The topological polar surface area (TPSA) is 57.6 Å². The maximum atomic E-state index is 12.7. The minimum Gasteiger partial charge on any atom is -0.396 e. The number of anilines is 1. The Labute approximate surface area is 115 Å². The van der Waals surface area contributed by atoms with Crippen molar-refractivity contribution in [1.29, 1.82) is 0 Å². The molecule has 0 fully saturated rings. The number of halogens is 3. The predicted molar refractivity (Wildman–Crippen MR) is 69.3 cm³/mol. The molecule has 0 aliphatic carbocycles. The van der Waals surface area contributed by atoms with Gasteiger partial charge in [0.2, 0.25) is 0 Å². The van der Waals surface area contributed by atoms with Gasteiger partial charge in [0, 0.05) is 19.7 Å². The molecule has 8 heteroatoms. The summed E-state index contributed by atoms with van der Waals surface area (Å²) in [6.07, 6.45) is 0.342. The lowest BCUT2D eigenvalue weighted by Gasteiger charge is -2.25. The summed E-state index contributed by atoms with van der Waals surface area (Å²) in [7, 11) is -5.39. The lowest BCUT2D eigenvalue weighted by atomic mass is 10.2. The van der Waals surface area contributed by atoms with Crippen molar-refractivity contribution in [3.8, 4) is 0 Å². The highest BCUT2D eigenvalue weighted by atomic mass is 32.2. The summed E-state index contributed by atoms with van der Waals surface area (Å²) in [4.78, 5) is 0.738. The Bertz CT molecular complexity index is 543. The van der Waals surface area contributed by atoms with Crippen molar-refractivity contribution >= 4 is 15.5 Å². The van der Waals surface area contributed by atoms with Crippen LogP contribution in [0.25, 0.3) is 0 Å². The van der Waals surface area contributed by atoms with Crippen molar-refractivity contribution in [3.05, 3.63) is 24.3 Å². The van der Waals surface area contributed by atoms with E-state index in [4.69, 9.17) is 5.11 Å². The van der Waals surface area contributed by atoms with Crippen LogP contribution < -0.4 is 4.90 Å². The smallest absolute Gasteiger partial charge is 0.396 e. The largest absolute Gasteiger partial charge is 0.501 e. The van der Waals surface area contributed by atoms with Crippen LogP contribution in [0.5, 0.6) is 0 Å². The van der Waals surface area contributed by atoms with Crippen LogP contribution in [-0.4, -0.2) is 38.7 Å². The van der Waals surface area contributed by atoms with Gasteiger partial charge in [0.25, 0.3) is 9.84 Å². The Hall–Kier alpha value is -1.28. The van der Waals surface area contributed by atoms with Gasteiger partial charge in [-0.05, 0) is 25.5 Å². The molecular formula is C12H16F3NO3S. The summed E-state index contributed by atoms with van der Waals surface area (Å²) in [5, 5.41) is 8.79. The molecule has 4 nitrogen and oxygen atoms in total. The van der Waals surface area contributed by atoms with Crippen LogP contribution in [0.4, 0.5) is 18.9 Å². The molecule has 0 saturated heterocycles. The molecule has 1 N–H and O–H groups in total. The monoisotopic (exact) mass is 311 g/mol. The number of hydrogen-bond donors (Lipinski definition) is 1. The van der Waals surface area contributed by atoms with Crippen molar-refractivity contribution in [3.63, 3.8) is 0 Å². The molecule has 1 rings (SSSR count). The zero-order chi connectivity index (χ0) is 15.4. The highest BCUT2D eigenvalue weighted by Gasteiger charge is 2.48. The molecule has 0 aromatic heterocycles. The molecule has 1 aromatic carbocycles. The van der Waals surface area contributed by atoms with E-state index in [1.54, 1.807) is 6.92 Å². The lowest BCUT2D eigenvalue weighted by Crippen LogP contribution is -2.29. The highest BCUT2D eigenvalue weighted by molar-refractivity contribution is 7.92. The van der Waals surface area contributed by atoms with E-state index in [1.165, 1.54) is 23.1 Å². The molecule has 0 atom stereocenters. The number of alkyl halides is 3. The Kier molecular flexibility index (Phi) is 5.41. The van der Waals surface area contributed by atoms with Crippen molar-refractivity contribution in [2.24, 2.45) is 0 Å². The third kappa shape index (κ3) is 3.43. The van der Waals surface area contributed by atoms with E-state index in [0.29, 0.717) is 13.0 Å². The normalized spacial score (nSPS) is 12.4. The van der Waals surface area contributed by atoms with Gasteiger partial charge in [-0.25, -0.2) is 8.42 Å². The standard InChI is InChI=1S/C12H16F3NO3S/c1-2-16(8-5-9-17)10-6-3-4-7-11(10)20(18,19)12(13,14)15/h3-4,6-7,17H,2,5,8-9H2,1H3. The second-order valence-electron chi connectivity index (χ2n) is 4.07. The SMILES string of the molecule is CCN(CCCO)c1ccccc1S(=O)(=O)C(F)(F)F. The molecule has 0 radical (unpaired) electrons. The third-order valence-electron chi connectivity index (χ3n) is 2.77. The number of benzene rings is 1. The molecule has 1 aromatic rings. The van der Waals surface area contributed by atoms with Crippen LogP contribution in [0.15, 0.2) is 29.2 Å². The van der Waals surface area contributed by atoms with Crippen LogP contribution in [0, 0.1) is 0 Å². The second-order valence-corrected chi connectivity index (χ2v) is 5.98. The Morgan fingerprint density at radius 3 is 2.35 bits per heavy atom. The van der Waals surface area contributed by atoms with E-state index in [9.17, 15) is 21.6 Å². The van der Waals surface area contributed by atoms with Gasteiger partial charge in [-0.15, -0.1) is 0 Å². The van der Waals surface area contributed by atoms with Crippen molar-refractivity contribution < 1.29 is 26.7 Å². The summed E-state index contributed by atoms with van der Waals surface area (Å²) < 4.78 is 61.2. The van der Waals surface area contributed by atoms with E-state index in [1.807, 2.05) is 0 Å². The molecule has 0 saturated carbocycles. The molecule has 0 aliphatic rings. The quantitative estimate of drug-likeness (QED) is 0.875. The van der Waals surface area contributed by atoms with Crippen LogP contribution in [0.1, 0.15) is 13.3 Å². The number of aliphatic hydroxyl groups is 1. The van der Waals surface area contributed by atoms with Crippen LogP contribution >= 0.6 is 0 Å². The zero-order valence-corrected chi connectivity index (χ0v) is 11.7. The summed E-state index contributed by atoms with van der Waals surface area (Å²) in [5.74, 6) is 0. The predicted octanol–water partition coefficient (Wildman–Crippen LogP) is 2.19. The number of hydrogen-bond acceptors (Lipinski definition) is 4. The maximum absolute atomic E-state index is 12.7. The third-order valence-corrected chi connectivity index (χ3v) is 4.30.